The number of carbonyl (C=O) groups is 2. The van der Waals surface area contributed by atoms with E-state index in [2.05, 4.69) is 0 Å². The zero-order chi connectivity index (χ0) is 18.9. The Morgan fingerprint density at radius 3 is 2.19 bits per heavy atom. The Morgan fingerprint density at radius 1 is 0.962 bits per heavy atom. The van der Waals surface area contributed by atoms with E-state index in [4.69, 9.17) is 4.74 Å². The number of para-hydroxylation sites is 2. The van der Waals surface area contributed by atoms with E-state index in [1.807, 2.05) is 0 Å². The molecule has 2 aromatic carbocycles. The summed E-state index contributed by atoms with van der Waals surface area (Å²) in [6.45, 7) is 6.01. The van der Waals surface area contributed by atoms with Gasteiger partial charge in [-0.05, 0) is 51.1 Å². The fourth-order valence-electron chi connectivity index (χ4n) is 2.86. The number of ether oxygens (including phenoxy) is 1. The molecule has 0 saturated heterocycles. The van der Waals surface area contributed by atoms with Crippen LogP contribution in [0.1, 0.15) is 31.1 Å². The lowest BCUT2D eigenvalue weighted by Crippen LogP contribution is -2.47. The van der Waals surface area contributed by atoms with Crippen molar-refractivity contribution in [3.05, 3.63) is 59.9 Å². The number of nitrogens with zero attached hydrogens (tertiary/aromatic N) is 2. The number of halogens is 1. The molecule has 0 radical (unpaired) electrons. The SMILES string of the molecule is CC(C)(C)OC(=O)N1CCN(C(=O)c2cccc(F)c2)c2ccccc21. The second kappa shape index (κ2) is 6.78. The number of hydrogen-bond donors (Lipinski definition) is 0. The second-order valence-corrected chi connectivity index (χ2v) is 7.09. The molecule has 0 saturated carbocycles. The summed E-state index contributed by atoms with van der Waals surface area (Å²) in [6.07, 6.45) is -0.456. The van der Waals surface area contributed by atoms with Crippen LogP contribution in [0, 0.1) is 5.82 Å². The van der Waals surface area contributed by atoms with Crippen molar-refractivity contribution in [3.63, 3.8) is 0 Å². The lowest BCUT2D eigenvalue weighted by molar-refractivity contribution is 0.0578. The number of fused-ring (bicyclic) bond motifs is 1. The first kappa shape index (κ1) is 17.9. The maximum Gasteiger partial charge on any atom is 0.414 e. The Morgan fingerprint density at radius 2 is 1.58 bits per heavy atom. The van der Waals surface area contributed by atoms with Crippen LogP contribution >= 0.6 is 0 Å². The molecule has 1 heterocycles. The van der Waals surface area contributed by atoms with Gasteiger partial charge in [0.15, 0.2) is 0 Å². The number of anilines is 2. The van der Waals surface area contributed by atoms with Crippen molar-refractivity contribution in [2.75, 3.05) is 22.9 Å². The van der Waals surface area contributed by atoms with E-state index in [0.717, 1.165) is 0 Å². The summed E-state index contributed by atoms with van der Waals surface area (Å²) in [5.41, 5.74) is 0.850. The Bertz CT molecular complexity index is 845. The van der Waals surface area contributed by atoms with Gasteiger partial charge >= 0.3 is 6.09 Å². The first-order valence-corrected chi connectivity index (χ1v) is 8.43. The normalized spacial score (nSPS) is 14.0. The lowest BCUT2D eigenvalue weighted by atomic mass is 10.1. The third-order valence-electron chi connectivity index (χ3n) is 3.94. The highest BCUT2D eigenvalue weighted by Gasteiger charge is 2.32. The maximum absolute atomic E-state index is 13.5. The molecule has 0 bridgehead atoms. The van der Waals surface area contributed by atoms with Gasteiger partial charge in [0, 0.05) is 18.7 Å². The van der Waals surface area contributed by atoms with E-state index >= 15 is 0 Å². The van der Waals surface area contributed by atoms with Crippen LogP contribution < -0.4 is 9.80 Å². The summed E-state index contributed by atoms with van der Waals surface area (Å²) < 4.78 is 18.9. The fourth-order valence-corrected chi connectivity index (χ4v) is 2.86. The molecular weight excluding hydrogens is 335 g/mol. The second-order valence-electron chi connectivity index (χ2n) is 7.09. The number of rotatable bonds is 1. The van der Waals surface area contributed by atoms with Gasteiger partial charge in [-0.25, -0.2) is 9.18 Å². The molecule has 3 rings (SSSR count). The summed E-state index contributed by atoms with van der Waals surface area (Å²) in [4.78, 5) is 28.4. The molecule has 0 fully saturated rings. The van der Waals surface area contributed by atoms with Crippen molar-refractivity contribution in [1.29, 1.82) is 0 Å². The Kier molecular flexibility index (Phi) is 4.68. The van der Waals surface area contributed by atoms with Gasteiger partial charge in [-0.3, -0.25) is 9.69 Å². The van der Waals surface area contributed by atoms with Gasteiger partial charge in [-0.15, -0.1) is 0 Å². The fraction of sp³-hybridized carbons (Fsp3) is 0.300. The summed E-state index contributed by atoms with van der Waals surface area (Å²) in [5, 5.41) is 0. The molecule has 0 unspecified atom stereocenters. The van der Waals surface area contributed by atoms with Crippen molar-refractivity contribution in [3.8, 4) is 0 Å². The summed E-state index contributed by atoms with van der Waals surface area (Å²) in [6, 6.07) is 12.7. The van der Waals surface area contributed by atoms with E-state index in [-0.39, 0.29) is 11.5 Å². The minimum absolute atomic E-state index is 0.269. The van der Waals surface area contributed by atoms with Crippen LogP contribution in [0.4, 0.5) is 20.6 Å². The Labute approximate surface area is 152 Å². The molecule has 2 aromatic rings. The summed E-state index contributed by atoms with van der Waals surface area (Å²) in [7, 11) is 0. The van der Waals surface area contributed by atoms with Crippen LogP contribution in [0.5, 0.6) is 0 Å². The predicted molar refractivity (Wildman–Crippen MR) is 98.1 cm³/mol. The topological polar surface area (TPSA) is 49.9 Å². The highest BCUT2D eigenvalue weighted by atomic mass is 19.1. The van der Waals surface area contributed by atoms with Crippen LogP contribution in [0.15, 0.2) is 48.5 Å². The van der Waals surface area contributed by atoms with Crippen molar-refractivity contribution in [1.82, 2.24) is 0 Å². The number of benzene rings is 2. The predicted octanol–water partition coefficient (Wildman–Crippen LogP) is 4.23. The van der Waals surface area contributed by atoms with Gasteiger partial charge in [0.1, 0.15) is 11.4 Å². The molecule has 0 spiro atoms. The molecule has 2 amide bonds. The summed E-state index contributed by atoms with van der Waals surface area (Å²) in [5.74, 6) is -0.766. The zero-order valence-electron chi connectivity index (χ0n) is 15.0. The minimum Gasteiger partial charge on any atom is -0.443 e. The third kappa shape index (κ3) is 3.69. The van der Waals surface area contributed by atoms with Gasteiger partial charge in [-0.1, -0.05) is 18.2 Å². The average Bonchev–Trinajstić information content (AvgIpc) is 2.58. The molecule has 1 aliphatic rings. The standard InChI is InChI=1S/C20H21FN2O3/c1-20(2,3)26-19(25)23-12-11-22(16-9-4-5-10-17(16)23)18(24)14-7-6-8-15(21)13-14/h4-10,13H,11-12H2,1-3H3. The van der Waals surface area contributed by atoms with E-state index < -0.39 is 17.5 Å². The minimum atomic E-state index is -0.611. The van der Waals surface area contributed by atoms with E-state index in [9.17, 15) is 14.0 Å². The Hall–Kier alpha value is -2.89. The van der Waals surface area contributed by atoms with Crippen molar-refractivity contribution >= 4 is 23.4 Å². The van der Waals surface area contributed by atoms with Crippen molar-refractivity contribution < 1.29 is 18.7 Å². The molecule has 0 atom stereocenters. The van der Waals surface area contributed by atoms with Crippen LogP contribution in [0.25, 0.3) is 0 Å². The van der Waals surface area contributed by atoms with Gasteiger partial charge < -0.3 is 9.64 Å². The van der Waals surface area contributed by atoms with Crippen molar-refractivity contribution in [2.45, 2.75) is 26.4 Å². The maximum atomic E-state index is 13.5. The van der Waals surface area contributed by atoms with Crippen LogP contribution in [-0.2, 0) is 4.74 Å². The van der Waals surface area contributed by atoms with Gasteiger partial charge in [0.05, 0.1) is 11.4 Å². The summed E-state index contributed by atoms with van der Waals surface area (Å²) >= 11 is 0. The van der Waals surface area contributed by atoms with Gasteiger partial charge in [0.25, 0.3) is 5.91 Å². The lowest BCUT2D eigenvalue weighted by Gasteiger charge is -2.37. The first-order chi connectivity index (χ1) is 12.3. The third-order valence-corrected chi connectivity index (χ3v) is 3.94. The molecular formula is C20H21FN2O3. The van der Waals surface area contributed by atoms with Crippen LogP contribution in [0.2, 0.25) is 0 Å². The van der Waals surface area contributed by atoms with E-state index in [0.29, 0.717) is 24.5 Å². The largest absolute Gasteiger partial charge is 0.443 e. The highest BCUT2D eigenvalue weighted by Crippen LogP contribution is 2.34. The van der Waals surface area contributed by atoms with Gasteiger partial charge in [0.2, 0.25) is 0 Å². The molecule has 0 N–H and O–H groups in total. The first-order valence-electron chi connectivity index (χ1n) is 8.43. The average molecular weight is 356 g/mol. The van der Waals surface area contributed by atoms with E-state index in [1.165, 1.54) is 23.1 Å². The molecule has 136 valence electrons. The molecule has 0 aliphatic carbocycles. The monoisotopic (exact) mass is 356 g/mol. The molecule has 5 nitrogen and oxygen atoms in total. The number of carbonyl (C=O) groups excluding carboxylic acids is 2. The molecule has 1 aliphatic heterocycles. The zero-order valence-corrected chi connectivity index (χ0v) is 15.0. The van der Waals surface area contributed by atoms with Gasteiger partial charge in [-0.2, -0.15) is 0 Å². The highest BCUT2D eigenvalue weighted by molar-refractivity contribution is 6.10. The smallest absolute Gasteiger partial charge is 0.414 e. The number of hydrogen-bond acceptors (Lipinski definition) is 3. The molecule has 6 heteroatoms. The van der Waals surface area contributed by atoms with Crippen LogP contribution in [0.3, 0.4) is 0 Å². The number of amides is 2. The quantitative estimate of drug-likeness (QED) is 0.768. The van der Waals surface area contributed by atoms with Crippen molar-refractivity contribution in [2.24, 2.45) is 0 Å². The molecule has 0 aromatic heterocycles. The van der Waals surface area contributed by atoms with E-state index in [1.54, 1.807) is 56.0 Å². The molecule has 26 heavy (non-hydrogen) atoms. The van der Waals surface area contributed by atoms with Crippen LogP contribution in [-0.4, -0.2) is 30.7 Å². The Balaban J connectivity index is 1.92.